The molecule has 4 aromatic rings. The number of rotatable bonds is 4. The smallest absolute Gasteiger partial charge is 0.227 e. The molecule has 2 bridgehead atoms. The zero-order chi connectivity index (χ0) is 25.2. The average Bonchev–Trinajstić information content (AvgIpc) is 3.44. The first kappa shape index (κ1) is 22.0. The summed E-state index contributed by atoms with van der Waals surface area (Å²) < 4.78 is 7.74. The lowest BCUT2D eigenvalue weighted by Crippen LogP contribution is -2.29. The summed E-state index contributed by atoms with van der Waals surface area (Å²) in [5.41, 5.74) is 0.149. The highest BCUT2D eigenvalue weighted by Gasteiger charge is 2.62. The molecule has 1 fully saturated rings. The number of aromatic hydroxyl groups is 3. The first-order chi connectivity index (χ1) is 17.3. The Hall–Kier alpha value is -4.48. The van der Waals surface area contributed by atoms with Gasteiger partial charge in [0.05, 0.1) is 46.2 Å². The number of carbonyl (C=O) groups excluding carboxylic acids is 1. The molecular weight excluding hydrogens is 458 g/mol. The zero-order valence-electron chi connectivity index (χ0n) is 19.4. The normalized spacial score (nSPS) is 21.9. The Morgan fingerprint density at radius 2 is 1.69 bits per heavy atom. The third-order valence-corrected chi connectivity index (χ3v) is 7.42. The van der Waals surface area contributed by atoms with Crippen LogP contribution in [0, 0.1) is 11.3 Å². The highest BCUT2D eigenvalue weighted by molar-refractivity contribution is 5.95. The van der Waals surface area contributed by atoms with Gasteiger partial charge in [-0.2, -0.15) is 5.26 Å². The number of phenols is 1. The number of phenolic OH excluding ortho intramolecular Hbond substituents is 1. The second-order valence-electron chi connectivity index (χ2n) is 9.59. The highest BCUT2D eigenvalue weighted by Crippen LogP contribution is 2.65. The van der Waals surface area contributed by atoms with Gasteiger partial charge in [0, 0.05) is 10.8 Å². The minimum Gasteiger partial charge on any atom is -0.506 e. The third-order valence-electron chi connectivity index (χ3n) is 7.42. The van der Waals surface area contributed by atoms with Gasteiger partial charge in [0.15, 0.2) is 0 Å². The molecule has 2 aliphatic rings. The summed E-state index contributed by atoms with van der Waals surface area (Å²) >= 11 is 0. The number of ether oxygens (including phenoxy) is 1. The number of nitrogens with one attached hydrogen (secondary N) is 1. The molecule has 8 heteroatoms. The standard InChI is InChI=1S/C28H23N3O5/c1-27-12-13-28(36-27,14-22(33)30-19-8-4-5-9-21(19)32)24-23(27)25(34)31(26(24)35)20-11-10-16(15-29)17-6-2-3-7-18(17)20/h2-11,32,34-35H,12-14H2,1H3,(H,30,33)/t27-,28?/m1/s1. The molecule has 6 rings (SSSR count). The van der Waals surface area contributed by atoms with Crippen LogP contribution in [0.2, 0.25) is 0 Å². The van der Waals surface area contributed by atoms with Crippen molar-refractivity contribution in [3.8, 4) is 29.3 Å². The van der Waals surface area contributed by atoms with Crippen LogP contribution >= 0.6 is 0 Å². The van der Waals surface area contributed by atoms with Crippen molar-refractivity contribution in [2.75, 3.05) is 5.32 Å². The van der Waals surface area contributed by atoms with E-state index in [-0.39, 0.29) is 35.5 Å². The van der Waals surface area contributed by atoms with Gasteiger partial charge < -0.3 is 25.4 Å². The molecule has 3 aromatic carbocycles. The van der Waals surface area contributed by atoms with E-state index in [0.717, 1.165) is 0 Å². The molecular formula is C28H23N3O5. The largest absolute Gasteiger partial charge is 0.506 e. The van der Waals surface area contributed by atoms with Crippen LogP contribution in [0.4, 0.5) is 5.69 Å². The zero-order valence-corrected chi connectivity index (χ0v) is 19.4. The molecule has 8 nitrogen and oxygen atoms in total. The van der Waals surface area contributed by atoms with E-state index in [9.17, 15) is 25.4 Å². The van der Waals surface area contributed by atoms with Crippen LogP contribution in [0.25, 0.3) is 16.5 Å². The summed E-state index contributed by atoms with van der Waals surface area (Å²) in [5, 5.41) is 46.6. The van der Waals surface area contributed by atoms with Gasteiger partial charge in [0.1, 0.15) is 11.4 Å². The summed E-state index contributed by atoms with van der Waals surface area (Å²) in [4.78, 5) is 13.1. The summed E-state index contributed by atoms with van der Waals surface area (Å²) in [6, 6.07) is 19.3. The molecule has 2 atom stereocenters. The minimum absolute atomic E-state index is 0.0491. The Morgan fingerprint density at radius 1 is 1.00 bits per heavy atom. The van der Waals surface area contributed by atoms with Crippen LogP contribution in [-0.2, 0) is 20.7 Å². The number of nitrogens with zero attached hydrogens (tertiary/aromatic N) is 2. The summed E-state index contributed by atoms with van der Waals surface area (Å²) in [7, 11) is 0. The van der Waals surface area contributed by atoms with Crippen LogP contribution in [0.3, 0.4) is 0 Å². The molecule has 0 aliphatic carbocycles. The third kappa shape index (κ3) is 2.93. The van der Waals surface area contributed by atoms with Gasteiger partial charge in [-0.25, -0.2) is 0 Å². The molecule has 1 aromatic heterocycles. The number of anilines is 1. The number of para-hydroxylation sites is 2. The summed E-state index contributed by atoms with van der Waals surface area (Å²) in [6.07, 6.45) is 0.944. The van der Waals surface area contributed by atoms with E-state index in [1.54, 1.807) is 30.3 Å². The van der Waals surface area contributed by atoms with Crippen molar-refractivity contribution < 1.29 is 24.9 Å². The first-order valence-electron chi connectivity index (χ1n) is 11.7. The monoisotopic (exact) mass is 481 g/mol. The van der Waals surface area contributed by atoms with Crippen molar-refractivity contribution in [1.82, 2.24) is 4.57 Å². The van der Waals surface area contributed by atoms with E-state index in [1.165, 1.54) is 10.6 Å². The van der Waals surface area contributed by atoms with Crippen LogP contribution in [0.1, 0.15) is 42.9 Å². The van der Waals surface area contributed by atoms with Crippen molar-refractivity contribution in [2.45, 2.75) is 37.4 Å². The van der Waals surface area contributed by atoms with Crippen LogP contribution in [0.15, 0.2) is 60.7 Å². The number of hydrogen-bond acceptors (Lipinski definition) is 6. The lowest BCUT2D eigenvalue weighted by molar-refractivity contribution is -0.127. The van der Waals surface area contributed by atoms with E-state index < -0.39 is 11.2 Å². The van der Waals surface area contributed by atoms with Crippen LogP contribution in [-0.4, -0.2) is 25.8 Å². The SMILES string of the molecule is C[C@]12CCC(CC(=O)Nc3ccccc3O)(O1)c1c2c(O)n(-c2ccc(C#N)c3ccccc23)c1O. The second kappa shape index (κ2) is 7.51. The average molecular weight is 482 g/mol. The predicted octanol–water partition coefficient (Wildman–Crippen LogP) is 4.88. The Balaban J connectivity index is 1.47. The Labute approximate surface area is 206 Å². The van der Waals surface area contributed by atoms with Gasteiger partial charge in [0.25, 0.3) is 0 Å². The van der Waals surface area contributed by atoms with Gasteiger partial charge >= 0.3 is 0 Å². The molecule has 0 saturated carbocycles. The Morgan fingerprint density at radius 3 is 2.44 bits per heavy atom. The Bertz CT molecular complexity index is 1620. The number of hydrogen-bond donors (Lipinski definition) is 4. The van der Waals surface area contributed by atoms with E-state index in [0.29, 0.717) is 46.0 Å². The number of fused-ring (bicyclic) bond motifs is 6. The van der Waals surface area contributed by atoms with Crippen LogP contribution in [0.5, 0.6) is 17.5 Å². The van der Waals surface area contributed by atoms with Gasteiger partial charge in [0.2, 0.25) is 17.7 Å². The van der Waals surface area contributed by atoms with E-state index in [2.05, 4.69) is 11.4 Å². The van der Waals surface area contributed by atoms with Crippen molar-refractivity contribution in [3.63, 3.8) is 0 Å². The van der Waals surface area contributed by atoms with Crippen molar-refractivity contribution in [1.29, 1.82) is 5.26 Å². The molecule has 2 aliphatic heterocycles. The number of carbonyl (C=O) groups is 1. The fraction of sp³-hybridized carbons (Fsp3) is 0.214. The van der Waals surface area contributed by atoms with Gasteiger partial charge in [-0.15, -0.1) is 0 Å². The molecule has 0 spiro atoms. The molecule has 0 radical (unpaired) electrons. The number of aromatic nitrogens is 1. The molecule has 1 amide bonds. The topological polar surface area (TPSA) is 128 Å². The van der Waals surface area contributed by atoms with Gasteiger partial charge in [-0.3, -0.25) is 9.36 Å². The van der Waals surface area contributed by atoms with Gasteiger partial charge in [-0.1, -0.05) is 36.4 Å². The van der Waals surface area contributed by atoms with Gasteiger partial charge in [-0.05, 0) is 44.0 Å². The maximum atomic E-state index is 13.1. The van der Waals surface area contributed by atoms with E-state index in [1.807, 2.05) is 31.2 Å². The van der Waals surface area contributed by atoms with E-state index in [4.69, 9.17) is 4.74 Å². The molecule has 1 unspecified atom stereocenters. The lowest BCUT2D eigenvalue weighted by Gasteiger charge is -2.25. The summed E-state index contributed by atoms with van der Waals surface area (Å²) in [5.74, 6) is -0.783. The predicted molar refractivity (Wildman–Crippen MR) is 132 cm³/mol. The highest BCUT2D eigenvalue weighted by atomic mass is 16.5. The number of benzene rings is 3. The maximum Gasteiger partial charge on any atom is 0.227 e. The van der Waals surface area contributed by atoms with Crippen molar-refractivity contribution >= 4 is 22.4 Å². The first-order valence-corrected chi connectivity index (χ1v) is 11.7. The van der Waals surface area contributed by atoms with Crippen LogP contribution < -0.4 is 5.32 Å². The molecule has 180 valence electrons. The molecule has 3 heterocycles. The molecule has 36 heavy (non-hydrogen) atoms. The lowest BCUT2D eigenvalue weighted by atomic mass is 9.77. The fourth-order valence-corrected chi connectivity index (χ4v) is 5.86. The number of amides is 1. The maximum absolute atomic E-state index is 13.1. The van der Waals surface area contributed by atoms with Crippen molar-refractivity contribution in [2.24, 2.45) is 0 Å². The summed E-state index contributed by atoms with van der Waals surface area (Å²) in [6.45, 7) is 1.85. The fourth-order valence-electron chi connectivity index (χ4n) is 5.86. The Kier molecular flexibility index (Phi) is 4.59. The molecule has 4 N–H and O–H groups in total. The quantitative estimate of drug-likeness (QED) is 0.308. The minimum atomic E-state index is -1.13. The van der Waals surface area contributed by atoms with Crippen molar-refractivity contribution in [3.05, 3.63) is 77.4 Å². The number of nitriles is 1. The molecule has 1 saturated heterocycles. The second-order valence-corrected chi connectivity index (χ2v) is 9.59. The van der Waals surface area contributed by atoms with E-state index >= 15 is 0 Å².